The lowest BCUT2D eigenvalue weighted by Crippen LogP contribution is -3.08. The number of hydrogen-bond donors (Lipinski definition) is 1. The molecule has 1 N–H and O–H groups in total. The van der Waals surface area contributed by atoms with E-state index in [2.05, 4.69) is 68.6 Å². The van der Waals surface area contributed by atoms with Gasteiger partial charge in [-0.15, -0.1) is 11.3 Å². The number of quaternary nitrogens is 1. The number of rotatable bonds is 5. The number of aryl methyl sites for hydroxylation is 2. The molecule has 0 aliphatic rings. The van der Waals surface area contributed by atoms with Gasteiger partial charge in [-0.2, -0.15) is 9.36 Å². The van der Waals surface area contributed by atoms with Crippen LogP contribution in [0.3, 0.4) is 0 Å². The van der Waals surface area contributed by atoms with Crippen LogP contribution in [0.15, 0.2) is 42.5 Å². The van der Waals surface area contributed by atoms with E-state index in [1.807, 2.05) is 12.1 Å². The van der Waals surface area contributed by atoms with E-state index in [0.717, 1.165) is 27.3 Å². The maximum Gasteiger partial charge on any atom is 0.225 e. The first-order valence-electron chi connectivity index (χ1n) is 9.23. The molecular weight excluding hydrogens is 388 g/mol. The van der Waals surface area contributed by atoms with Crippen molar-refractivity contribution in [3.05, 3.63) is 63.4 Å². The van der Waals surface area contributed by atoms with Crippen LogP contribution in [0.1, 0.15) is 29.1 Å². The molecule has 0 amide bonds. The topological polar surface area (TPSA) is 53.0 Å². The van der Waals surface area contributed by atoms with Gasteiger partial charge in [-0.25, -0.2) is 4.98 Å². The second-order valence-corrected chi connectivity index (χ2v) is 8.59. The van der Waals surface area contributed by atoms with Gasteiger partial charge in [0.05, 0.1) is 23.0 Å². The van der Waals surface area contributed by atoms with Crippen LogP contribution in [0.2, 0.25) is 0 Å². The van der Waals surface area contributed by atoms with Crippen LogP contribution in [-0.4, -0.2) is 31.8 Å². The number of para-hydroxylation sites is 2. The van der Waals surface area contributed by atoms with Crippen molar-refractivity contribution >= 4 is 33.8 Å². The lowest BCUT2D eigenvalue weighted by Gasteiger charge is -2.19. The van der Waals surface area contributed by atoms with Crippen LogP contribution in [0.25, 0.3) is 15.9 Å². The largest absolute Gasteiger partial charge is 0.311 e. The Labute approximate surface area is 173 Å². The van der Waals surface area contributed by atoms with Crippen molar-refractivity contribution in [1.82, 2.24) is 24.8 Å². The molecule has 0 radical (unpaired) electrons. The normalized spacial score (nSPS) is 13.7. The van der Waals surface area contributed by atoms with Crippen molar-refractivity contribution in [2.24, 2.45) is 0 Å². The van der Waals surface area contributed by atoms with Gasteiger partial charge in [0.2, 0.25) is 4.77 Å². The number of thiazole rings is 1. The lowest BCUT2D eigenvalue weighted by atomic mass is 10.1. The highest BCUT2D eigenvalue weighted by molar-refractivity contribution is 7.71. The third-order valence-electron chi connectivity index (χ3n) is 5.11. The molecule has 0 aliphatic carbocycles. The quantitative estimate of drug-likeness (QED) is 0.512. The number of nitrogens with zero attached hydrogens (tertiary/aromatic N) is 5. The lowest BCUT2D eigenvalue weighted by molar-refractivity contribution is -0.933. The van der Waals surface area contributed by atoms with E-state index >= 15 is 0 Å². The molecule has 144 valence electrons. The fourth-order valence-electron chi connectivity index (χ4n) is 3.31. The number of aromatic nitrogens is 5. The van der Waals surface area contributed by atoms with Crippen molar-refractivity contribution in [3.63, 3.8) is 0 Å². The number of nitrogens with one attached hydrogen (secondary N) is 1. The molecule has 8 heteroatoms. The molecule has 2 heterocycles. The summed E-state index contributed by atoms with van der Waals surface area (Å²) in [6.07, 6.45) is 0. The molecule has 0 saturated carbocycles. The molecule has 0 aliphatic heterocycles. The van der Waals surface area contributed by atoms with E-state index in [4.69, 9.17) is 17.2 Å². The van der Waals surface area contributed by atoms with Crippen LogP contribution >= 0.6 is 23.6 Å². The van der Waals surface area contributed by atoms with Gasteiger partial charge < -0.3 is 4.90 Å². The zero-order chi connectivity index (χ0) is 19.8. The molecule has 1 unspecified atom stereocenters. The smallest absolute Gasteiger partial charge is 0.225 e. The Morgan fingerprint density at radius 1 is 1.07 bits per heavy atom. The fraction of sp³-hybridized carbons (Fsp3) is 0.300. The van der Waals surface area contributed by atoms with Crippen molar-refractivity contribution in [2.75, 3.05) is 7.05 Å². The Kier molecular flexibility index (Phi) is 5.09. The third-order valence-corrected chi connectivity index (χ3v) is 6.71. The predicted octanol–water partition coefficient (Wildman–Crippen LogP) is 3.26. The van der Waals surface area contributed by atoms with E-state index < -0.39 is 0 Å². The van der Waals surface area contributed by atoms with Gasteiger partial charge in [0.25, 0.3) is 0 Å². The van der Waals surface area contributed by atoms with Crippen molar-refractivity contribution in [2.45, 2.75) is 33.5 Å². The van der Waals surface area contributed by atoms with Gasteiger partial charge in [0.1, 0.15) is 6.04 Å². The molecule has 6 nitrogen and oxygen atoms in total. The summed E-state index contributed by atoms with van der Waals surface area (Å²) in [6, 6.07) is 14.7. The summed E-state index contributed by atoms with van der Waals surface area (Å²) in [5.41, 5.74) is 4.33. The summed E-state index contributed by atoms with van der Waals surface area (Å²) in [5.74, 6) is 0. The molecule has 28 heavy (non-hydrogen) atoms. The Balaban J connectivity index is 1.59. The van der Waals surface area contributed by atoms with Gasteiger partial charge in [-0.1, -0.05) is 30.3 Å². The van der Waals surface area contributed by atoms with Gasteiger partial charge in [-0.3, -0.25) is 0 Å². The zero-order valence-electron chi connectivity index (χ0n) is 16.4. The minimum atomic E-state index is 0.227. The summed E-state index contributed by atoms with van der Waals surface area (Å²) >= 11 is 7.42. The van der Waals surface area contributed by atoms with Crippen LogP contribution < -0.4 is 4.90 Å². The number of hydrogen-bond acceptors (Lipinski definition) is 5. The maximum absolute atomic E-state index is 5.68. The van der Waals surface area contributed by atoms with Crippen LogP contribution in [0.5, 0.6) is 0 Å². The highest BCUT2D eigenvalue weighted by Gasteiger charge is 2.21. The van der Waals surface area contributed by atoms with Gasteiger partial charge in [0, 0.05) is 0 Å². The molecule has 4 rings (SSSR count). The molecule has 0 saturated heterocycles. The maximum atomic E-state index is 5.68. The van der Waals surface area contributed by atoms with Gasteiger partial charge >= 0.3 is 0 Å². The van der Waals surface area contributed by atoms with Crippen molar-refractivity contribution in [3.8, 4) is 5.69 Å². The van der Waals surface area contributed by atoms with Gasteiger partial charge in [0.15, 0.2) is 11.7 Å². The SMILES string of the molecule is Cc1cccc(C)c1-n1nnn(C[NH+](C)[C@@H](C)c2nc3ccccc3s2)c1=S. The summed E-state index contributed by atoms with van der Waals surface area (Å²) < 4.78 is 5.37. The van der Waals surface area contributed by atoms with E-state index in [9.17, 15) is 0 Å². The number of benzene rings is 2. The molecule has 0 spiro atoms. The number of tetrazole rings is 1. The van der Waals surface area contributed by atoms with E-state index in [0.29, 0.717) is 11.4 Å². The Hall–Kier alpha value is -2.42. The standard InChI is InChI=1S/C20H22N6S2/c1-13-8-7-9-14(2)18(13)26-20(27)25(22-23-26)12-24(4)15(3)19-21-16-10-5-6-11-17(16)28-19/h5-11,15H,12H2,1-4H3/p+1/t15-/m0/s1. The first-order valence-corrected chi connectivity index (χ1v) is 10.5. The van der Waals surface area contributed by atoms with Crippen LogP contribution in [-0.2, 0) is 6.67 Å². The average molecular weight is 412 g/mol. The molecule has 2 aromatic heterocycles. The van der Waals surface area contributed by atoms with E-state index in [-0.39, 0.29) is 6.04 Å². The number of fused-ring (bicyclic) bond motifs is 1. The second-order valence-electron chi connectivity index (χ2n) is 7.16. The third kappa shape index (κ3) is 3.39. The molecule has 2 atom stereocenters. The van der Waals surface area contributed by atoms with Gasteiger partial charge in [-0.05, 0) is 66.7 Å². The zero-order valence-corrected chi connectivity index (χ0v) is 18.0. The van der Waals surface area contributed by atoms with Crippen molar-refractivity contribution < 1.29 is 4.90 Å². The molecule has 2 aromatic carbocycles. The monoisotopic (exact) mass is 411 g/mol. The summed E-state index contributed by atoms with van der Waals surface area (Å²) in [6.45, 7) is 6.94. The minimum absolute atomic E-state index is 0.227. The average Bonchev–Trinajstić information content (AvgIpc) is 3.26. The predicted molar refractivity (Wildman–Crippen MR) is 115 cm³/mol. The molecule has 0 bridgehead atoms. The van der Waals surface area contributed by atoms with E-state index in [1.54, 1.807) is 20.7 Å². The van der Waals surface area contributed by atoms with Crippen LogP contribution in [0, 0.1) is 18.6 Å². The summed E-state index contributed by atoms with van der Waals surface area (Å²) in [5, 5.41) is 9.77. The summed E-state index contributed by atoms with van der Waals surface area (Å²) in [7, 11) is 2.14. The Morgan fingerprint density at radius 3 is 2.50 bits per heavy atom. The Morgan fingerprint density at radius 2 is 1.79 bits per heavy atom. The van der Waals surface area contributed by atoms with E-state index in [1.165, 1.54) is 9.60 Å². The molecule has 4 aromatic rings. The second kappa shape index (κ2) is 7.54. The highest BCUT2D eigenvalue weighted by Crippen LogP contribution is 2.24. The summed E-state index contributed by atoms with van der Waals surface area (Å²) in [4.78, 5) is 6.05. The fourth-order valence-corrected chi connectivity index (χ4v) is 4.65. The first kappa shape index (κ1) is 18.9. The molecular formula is C20H23N6S2+. The highest BCUT2D eigenvalue weighted by atomic mass is 32.1. The Bertz CT molecular complexity index is 1140. The van der Waals surface area contributed by atoms with Crippen LogP contribution in [0.4, 0.5) is 0 Å². The first-order chi connectivity index (χ1) is 13.5. The minimum Gasteiger partial charge on any atom is -0.311 e. The molecule has 0 fully saturated rings. The van der Waals surface area contributed by atoms with Crippen molar-refractivity contribution in [1.29, 1.82) is 0 Å².